The number of aromatic nitrogens is 4. The fraction of sp³-hybridized carbons (Fsp3) is 0.118. The molecule has 1 N–H and O–H groups in total. The Morgan fingerprint density at radius 2 is 1.30 bits per heavy atom. The third kappa shape index (κ3) is 4.64. The minimum Gasteiger partial charge on any atom is -0.478 e. The van der Waals surface area contributed by atoms with Crippen LogP contribution in [0.15, 0.2) is 109 Å². The molecule has 6 nitrogen and oxygen atoms in total. The minimum absolute atomic E-state index is 0.168. The summed E-state index contributed by atoms with van der Waals surface area (Å²) in [5, 5.41) is 19.0. The Labute approximate surface area is 232 Å². The third-order valence-electron chi connectivity index (χ3n) is 7.07. The number of carboxylic acids is 1. The number of benzene rings is 4. The Hall–Kier alpha value is -5.10. The van der Waals surface area contributed by atoms with Gasteiger partial charge in [0.2, 0.25) is 0 Å². The van der Waals surface area contributed by atoms with Gasteiger partial charge in [-0.1, -0.05) is 117 Å². The van der Waals surface area contributed by atoms with Gasteiger partial charge in [-0.25, -0.2) is 9.78 Å². The van der Waals surface area contributed by atoms with Crippen molar-refractivity contribution < 1.29 is 9.90 Å². The van der Waals surface area contributed by atoms with E-state index in [2.05, 4.69) is 35.6 Å². The number of carboxylic acid groups (broad SMARTS) is 1. The van der Waals surface area contributed by atoms with Gasteiger partial charge in [-0.05, 0) is 22.8 Å². The Morgan fingerprint density at radius 1 is 0.725 bits per heavy atom. The van der Waals surface area contributed by atoms with Gasteiger partial charge in [-0.3, -0.25) is 0 Å². The highest BCUT2D eigenvalue weighted by atomic mass is 16.4. The van der Waals surface area contributed by atoms with Crippen LogP contribution in [-0.4, -0.2) is 30.8 Å². The second-order valence-electron chi connectivity index (χ2n) is 10.1. The molecule has 6 heteroatoms. The summed E-state index contributed by atoms with van der Waals surface area (Å²) in [7, 11) is 0. The molecule has 0 aliphatic heterocycles. The minimum atomic E-state index is -0.935. The number of hydrogen-bond acceptors (Lipinski definition) is 4. The quantitative estimate of drug-likeness (QED) is 0.231. The average Bonchev–Trinajstić information content (AvgIpc) is 3.37. The Kier molecular flexibility index (Phi) is 6.66. The number of imidazole rings is 1. The standard InChI is InChI=1S/C34H28N4O2/c1-22(2)33-35-31-29(25-11-5-3-6-12-25)36-37-30(26-13-7-4-8-14-26)32(31)38(33)21-23-17-19-24(20-18-23)27-15-9-10-16-28(27)34(39)40/h3-20,22H,21H2,1-2H3,(H,39,40). The second kappa shape index (κ2) is 10.6. The summed E-state index contributed by atoms with van der Waals surface area (Å²) in [6.07, 6.45) is 0. The molecule has 0 aliphatic carbocycles. The first kappa shape index (κ1) is 25.2. The maximum atomic E-state index is 11.8. The fourth-order valence-electron chi connectivity index (χ4n) is 5.15. The molecule has 4 aromatic carbocycles. The van der Waals surface area contributed by atoms with Gasteiger partial charge in [0, 0.05) is 23.6 Å². The lowest BCUT2D eigenvalue weighted by Gasteiger charge is -2.14. The van der Waals surface area contributed by atoms with Crippen LogP contribution in [0.25, 0.3) is 44.7 Å². The summed E-state index contributed by atoms with van der Waals surface area (Å²) >= 11 is 0. The van der Waals surface area contributed by atoms with E-state index in [0.29, 0.717) is 12.1 Å². The molecule has 0 spiro atoms. The predicted molar refractivity (Wildman–Crippen MR) is 158 cm³/mol. The van der Waals surface area contributed by atoms with Crippen LogP contribution in [0.2, 0.25) is 0 Å². The van der Waals surface area contributed by atoms with Crippen molar-refractivity contribution in [3.05, 3.63) is 126 Å². The molecule has 6 aromatic rings. The summed E-state index contributed by atoms with van der Waals surface area (Å²) in [5.41, 5.74) is 8.22. The van der Waals surface area contributed by atoms with Gasteiger partial charge in [0.05, 0.1) is 11.1 Å². The highest BCUT2D eigenvalue weighted by molar-refractivity contribution is 5.98. The van der Waals surface area contributed by atoms with E-state index < -0.39 is 5.97 Å². The van der Waals surface area contributed by atoms with E-state index in [1.54, 1.807) is 12.1 Å². The summed E-state index contributed by atoms with van der Waals surface area (Å²) in [6.45, 7) is 4.88. The van der Waals surface area contributed by atoms with Crippen molar-refractivity contribution >= 4 is 17.0 Å². The fourth-order valence-corrected chi connectivity index (χ4v) is 5.15. The van der Waals surface area contributed by atoms with Crippen LogP contribution in [0.4, 0.5) is 0 Å². The largest absolute Gasteiger partial charge is 0.478 e. The topological polar surface area (TPSA) is 80.9 Å². The van der Waals surface area contributed by atoms with Crippen LogP contribution >= 0.6 is 0 Å². The van der Waals surface area contributed by atoms with E-state index in [1.807, 2.05) is 84.9 Å². The maximum absolute atomic E-state index is 11.8. The Bertz CT molecular complexity index is 1810. The van der Waals surface area contributed by atoms with Crippen LogP contribution in [0.3, 0.4) is 0 Å². The highest BCUT2D eigenvalue weighted by Crippen LogP contribution is 2.35. The summed E-state index contributed by atoms with van der Waals surface area (Å²) < 4.78 is 2.25. The molecule has 0 aliphatic rings. The molecule has 196 valence electrons. The van der Waals surface area contributed by atoms with Crippen LogP contribution in [0.1, 0.15) is 41.5 Å². The van der Waals surface area contributed by atoms with Crippen LogP contribution in [0, 0.1) is 0 Å². The smallest absolute Gasteiger partial charge is 0.336 e. The van der Waals surface area contributed by atoms with E-state index in [0.717, 1.165) is 50.5 Å². The number of aromatic carboxylic acids is 1. The normalized spacial score (nSPS) is 11.3. The van der Waals surface area contributed by atoms with Gasteiger partial charge in [0.1, 0.15) is 22.7 Å². The van der Waals surface area contributed by atoms with E-state index in [4.69, 9.17) is 10.1 Å². The van der Waals surface area contributed by atoms with Crippen LogP contribution < -0.4 is 0 Å². The van der Waals surface area contributed by atoms with Crippen molar-refractivity contribution in [1.29, 1.82) is 0 Å². The summed E-state index contributed by atoms with van der Waals surface area (Å²) in [5.74, 6) is 0.190. The SMILES string of the molecule is CC(C)c1nc2c(-c3ccccc3)nnc(-c3ccccc3)c2n1Cc1ccc(-c2ccccc2C(=O)O)cc1. The molecule has 40 heavy (non-hydrogen) atoms. The van der Waals surface area contributed by atoms with Crippen molar-refractivity contribution in [2.45, 2.75) is 26.3 Å². The third-order valence-corrected chi connectivity index (χ3v) is 7.07. The molecular weight excluding hydrogens is 496 g/mol. The molecule has 0 saturated carbocycles. The van der Waals surface area contributed by atoms with Gasteiger partial charge < -0.3 is 9.67 Å². The molecule has 6 rings (SSSR count). The molecule has 0 unspecified atom stereocenters. The molecule has 0 saturated heterocycles. The second-order valence-corrected chi connectivity index (χ2v) is 10.1. The first-order chi connectivity index (χ1) is 19.5. The van der Waals surface area contributed by atoms with E-state index in [9.17, 15) is 9.90 Å². The number of rotatable bonds is 7. The summed E-state index contributed by atoms with van der Waals surface area (Å²) in [4.78, 5) is 16.9. The molecule has 0 bridgehead atoms. The zero-order valence-electron chi connectivity index (χ0n) is 22.3. The number of fused-ring (bicyclic) bond motifs is 1. The van der Waals surface area contributed by atoms with E-state index >= 15 is 0 Å². The van der Waals surface area contributed by atoms with E-state index in [1.165, 1.54) is 0 Å². The van der Waals surface area contributed by atoms with Gasteiger partial charge in [0.25, 0.3) is 0 Å². The lowest BCUT2D eigenvalue weighted by Crippen LogP contribution is -2.08. The van der Waals surface area contributed by atoms with Crippen molar-refractivity contribution in [2.75, 3.05) is 0 Å². The zero-order valence-corrected chi connectivity index (χ0v) is 22.3. The first-order valence-corrected chi connectivity index (χ1v) is 13.3. The van der Waals surface area contributed by atoms with Gasteiger partial charge in [-0.15, -0.1) is 10.2 Å². The molecule has 0 atom stereocenters. The zero-order chi connectivity index (χ0) is 27.6. The van der Waals surface area contributed by atoms with Crippen molar-refractivity contribution in [3.63, 3.8) is 0 Å². The molecular formula is C34H28N4O2. The first-order valence-electron chi connectivity index (χ1n) is 13.3. The average molecular weight is 525 g/mol. The van der Waals surface area contributed by atoms with Gasteiger partial charge >= 0.3 is 5.97 Å². The number of carbonyl (C=O) groups is 1. The van der Waals surface area contributed by atoms with Crippen LogP contribution in [0.5, 0.6) is 0 Å². The van der Waals surface area contributed by atoms with Gasteiger partial charge in [0.15, 0.2) is 0 Å². The van der Waals surface area contributed by atoms with Gasteiger partial charge in [-0.2, -0.15) is 0 Å². The molecule has 0 radical (unpaired) electrons. The van der Waals surface area contributed by atoms with Crippen LogP contribution in [-0.2, 0) is 6.54 Å². The Balaban J connectivity index is 1.51. The lowest BCUT2D eigenvalue weighted by molar-refractivity contribution is 0.0697. The molecule has 0 amide bonds. The number of nitrogens with zero attached hydrogens (tertiary/aromatic N) is 4. The monoisotopic (exact) mass is 524 g/mol. The lowest BCUT2D eigenvalue weighted by atomic mass is 9.98. The summed E-state index contributed by atoms with van der Waals surface area (Å²) in [6, 6.07) is 35.3. The van der Waals surface area contributed by atoms with Crippen molar-refractivity contribution in [3.8, 4) is 33.6 Å². The van der Waals surface area contributed by atoms with Crippen molar-refractivity contribution in [2.24, 2.45) is 0 Å². The molecule has 2 aromatic heterocycles. The number of hydrogen-bond donors (Lipinski definition) is 1. The molecule has 0 fully saturated rings. The highest BCUT2D eigenvalue weighted by Gasteiger charge is 2.23. The Morgan fingerprint density at radius 3 is 1.93 bits per heavy atom. The van der Waals surface area contributed by atoms with Crippen molar-refractivity contribution in [1.82, 2.24) is 19.7 Å². The van der Waals surface area contributed by atoms with E-state index in [-0.39, 0.29) is 11.5 Å². The molecule has 2 heterocycles. The maximum Gasteiger partial charge on any atom is 0.336 e. The predicted octanol–water partition coefficient (Wildman–Crippen LogP) is 7.70.